The lowest BCUT2D eigenvalue weighted by Crippen LogP contribution is -2.16. The molecule has 0 saturated carbocycles. The molecule has 0 saturated heterocycles. The quantitative estimate of drug-likeness (QED) is 0.571. The Hall–Kier alpha value is -4.12. The molecule has 0 fully saturated rings. The Morgan fingerprint density at radius 1 is 1.28 bits per heavy atom. The van der Waals surface area contributed by atoms with E-state index < -0.39 is 5.91 Å². The normalized spacial score (nSPS) is 10.7. The highest BCUT2D eigenvalue weighted by Crippen LogP contribution is 2.29. The van der Waals surface area contributed by atoms with Crippen LogP contribution in [0.4, 0.5) is 5.82 Å². The second-order valence-electron chi connectivity index (χ2n) is 6.45. The molecule has 4 rings (SSSR count). The highest BCUT2D eigenvalue weighted by Gasteiger charge is 2.19. The monoisotopic (exact) mass is 387 g/mol. The van der Waals surface area contributed by atoms with Gasteiger partial charge in [-0.1, -0.05) is 12.1 Å². The number of nitrogens with zero attached hydrogens (tertiary/aromatic N) is 4. The number of carbonyl (C=O) groups excluding carboxylic acids is 1. The molecular weight excluding hydrogens is 370 g/mol. The SMILES string of the molecule is COc1cccc2c(C)cc(-n3ncc(C#N)c3NC(=O)c3ccc(C)o3)nc12. The van der Waals surface area contributed by atoms with Gasteiger partial charge in [-0.05, 0) is 43.7 Å². The minimum absolute atomic E-state index is 0.142. The van der Waals surface area contributed by atoms with E-state index in [0.717, 1.165) is 10.9 Å². The molecule has 0 aliphatic carbocycles. The Kier molecular flexibility index (Phi) is 4.49. The van der Waals surface area contributed by atoms with Crippen molar-refractivity contribution in [3.05, 3.63) is 65.2 Å². The van der Waals surface area contributed by atoms with Crippen molar-refractivity contribution in [1.82, 2.24) is 14.8 Å². The minimum Gasteiger partial charge on any atom is -0.494 e. The summed E-state index contributed by atoms with van der Waals surface area (Å²) in [4.78, 5) is 17.2. The van der Waals surface area contributed by atoms with E-state index in [4.69, 9.17) is 9.15 Å². The zero-order chi connectivity index (χ0) is 20.5. The average Bonchev–Trinajstić information content (AvgIpc) is 3.33. The number of nitriles is 1. The maximum atomic E-state index is 12.6. The number of anilines is 1. The van der Waals surface area contributed by atoms with E-state index in [1.165, 1.54) is 10.9 Å². The molecule has 0 atom stereocenters. The van der Waals surface area contributed by atoms with Gasteiger partial charge in [-0.2, -0.15) is 15.0 Å². The fourth-order valence-electron chi connectivity index (χ4n) is 3.10. The number of methoxy groups -OCH3 is 1. The topological polar surface area (TPSA) is 106 Å². The van der Waals surface area contributed by atoms with Gasteiger partial charge in [0.25, 0.3) is 5.91 Å². The van der Waals surface area contributed by atoms with Gasteiger partial charge in [0.1, 0.15) is 28.7 Å². The van der Waals surface area contributed by atoms with Crippen LogP contribution >= 0.6 is 0 Å². The summed E-state index contributed by atoms with van der Waals surface area (Å²) in [5.41, 5.74) is 1.83. The zero-order valence-corrected chi connectivity index (χ0v) is 16.1. The Morgan fingerprint density at radius 2 is 2.10 bits per heavy atom. The summed E-state index contributed by atoms with van der Waals surface area (Å²) in [5, 5.41) is 17.4. The van der Waals surface area contributed by atoms with Crippen molar-refractivity contribution in [2.45, 2.75) is 13.8 Å². The van der Waals surface area contributed by atoms with Gasteiger partial charge in [0.15, 0.2) is 17.4 Å². The number of fused-ring (bicyclic) bond motifs is 1. The summed E-state index contributed by atoms with van der Waals surface area (Å²) in [6.07, 6.45) is 1.38. The van der Waals surface area contributed by atoms with E-state index in [1.807, 2.05) is 37.3 Å². The van der Waals surface area contributed by atoms with Gasteiger partial charge in [-0.25, -0.2) is 4.98 Å². The van der Waals surface area contributed by atoms with Crippen molar-refractivity contribution in [3.8, 4) is 17.6 Å². The molecule has 0 aliphatic rings. The van der Waals surface area contributed by atoms with Crippen molar-refractivity contribution < 1.29 is 13.9 Å². The van der Waals surface area contributed by atoms with Crippen molar-refractivity contribution >= 4 is 22.6 Å². The minimum atomic E-state index is -0.480. The first-order valence-corrected chi connectivity index (χ1v) is 8.82. The molecule has 0 unspecified atom stereocenters. The molecule has 144 valence electrons. The van der Waals surface area contributed by atoms with Gasteiger partial charge in [-0.15, -0.1) is 0 Å². The predicted molar refractivity (Wildman–Crippen MR) is 106 cm³/mol. The van der Waals surface area contributed by atoms with Crippen LogP contribution in [0.3, 0.4) is 0 Å². The number of aromatic nitrogens is 3. The lowest BCUT2D eigenvalue weighted by Gasteiger charge is -2.12. The van der Waals surface area contributed by atoms with Crippen LogP contribution in [-0.4, -0.2) is 27.8 Å². The third kappa shape index (κ3) is 3.19. The Labute approximate surface area is 166 Å². The molecule has 3 aromatic heterocycles. The van der Waals surface area contributed by atoms with Crippen LogP contribution in [0.1, 0.15) is 27.4 Å². The lowest BCUT2D eigenvalue weighted by atomic mass is 10.1. The number of carbonyl (C=O) groups is 1. The third-order valence-electron chi connectivity index (χ3n) is 4.52. The summed E-state index contributed by atoms with van der Waals surface area (Å²) in [7, 11) is 1.58. The Morgan fingerprint density at radius 3 is 2.79 bits per heavy atom. The first kappa shape index (κ1) is 18.3. The first-order valence-electron chi connectivity index (χ1n) is 8.82. The summed E-state index contributed by atoms with van der Waals surface area (Å²) in [6.45, 7) is 3.70. The van der Waals surface area contributed by atoms with Crippen LogP contribution in [-0.2, 0) is 0 Å². The molecule has 0 bridgehead atoms. The van der Waals surface area contributed by atoms with Crippen molar-refractivity contribution in [2.24, 2.45) is 0 Å². The predicted octanol–water partition coefficient (Wildman–Crippen LogP) is 3.76. The van der Waals surface area contributed by atoms with Gasteiger partial charge >= 0.3 is 0 Å². The second kappa shape index (κ2) is 7.13. The molecular formula is C21H17N5O3. The van der Waals surface area contributed by atoms with E-state index in [-0.39, 0.29) is 17.1 Å². The number of amides is 1. The van der Waals surface area contributed by atoms with Crippen LogP contribution in [0.5, 0.6) is 5.75 Å². The standard InChI is InChI=1S/C21H17N5O3/c1-12-9-18(24-19-15(12)5-4-6-16(19)28-3)26-20(14(10-22)11-23-26)25-21(27)17-8-7-13(2)29-17/h4-9,11H,1-3H3,(H,25,27). The largest absolute Gasteiger partial charge is 0.494 e. The molecule has 1 aromatic carbocycles. The molecule has 4 aromatic rings. The maximum absolute atomic E-state index is 12.6. The summed E-state index contributed by atoms with van der Waals surface area (Å²) < 4.78 is 12.2. The fourth-order valence-corrected chi connectivity index (χ4v) is 3.10. The van der Waals surface area contributed by atoms with Gasteiger partial charge in [-0.3, -0.25) is 4.79 Å². The lowest BCUT2D eigenvalue weighted by molar-refractivity contribution is 0.0994. The Bertz CT molecular complexity index is 1280. The third-order valence-corrected chi connectivity index (χ3v) is 4.52. The van der Waals surface area contributed by atoms with E-state index >= 15 is 0 Å². The molecule has 0 spiro atoms. The number of ether oxygens (including phenoxy) is 1. The molecule has 8 heteroatoms. The number of pyridine rings is 1. The smallest absolute Gasteiger partial charge is 0.292 e. The molecule has 1 N–H and O–H groups in total. The van der Waals surface area contributed by atoms with E-state index in [0.29, 0.717) is 22.8 Å². The van der Waals surface area contributed by atoms with Gasteiger partial charge < -0.3 is 14.5 Å². The number of para-hydroxylation sites is 1. The van der Waals surface area contributed by atoms with Crippen LogP contribution in [0, 0.1) is 25.2 Å². The summed E-state index contributed by atoms with van der Waals surface area (Å²) in [6, 6.07) is 12.8. The fraction of sp³-hybridized carbons (Fsp3) is 0.143. The molecule has 1 amide bonds. The molecule has 29 heavy (non-hydrogen) atoms. The van der Waals surface area contributed by atoms with E-state index in [2.05, 4.69) is 15.4 Å². The second-order valence-corrected chi connectivity index (χ2v) is 6.45. The molecule has 8 nitrogen and oxygen atoms in total. The first-order chi connectivity index (χ1) is 14.0. The van der Waals surface area contributed by atoms with Crippen molar-refractivity contribution in [1.29, 1.82) is 5.26 Å². The number of hydrogen-bond acceptors (Lipinski definition) is 6. The van der Waals surface area contributed by atoms with Crippen LogP contribution < -0.4 is 10.1 Å². The highest BCUT2D eigenvalue weighted by atomic mass is 16.5. The van der Waals surface area contributed by atoms with Gasteiger partial charge in [0, 0.05) is 5.39 Å². The van der Waals surface area contributed by atoms with Crippen LogP contribution in [0.25, 0.3) is 16.7 Å². The van der Waals surface area contributed by atoms with Gasteiger partial charge in [0.05, 0.1) is 13.3 Å². The number of nitrogens with one attached hydrogen (secondary N) is 1. The maximum Gasteiger partial charge on any atom is 0.292 e. The van der Waals surface area contributed by atoms with Crippen molar-refractivity contribution in [3.63, 3.8) is 0 Å². The molecule has 3 heterocycles. The number of aryl methyl sites for hydroxylation is 2. The molecule has 0 radical (unpaired) electrons. The van der Waals surface area contributed by atoms with Crippen LogP contribution in [0.2, 0.25) is 0 Å². The number of furan rings is 1. The summed E-state index contributed by atoms with van der Waals surface area (Å²) >= 11 is 0. The highest BCUT2D eigenvalue weighted by molar-refractivity contribution is 6.02. The van der Waals surface area contributed by atoms with E-state index in [9.17, 15) is 10.1 Å². The van der Waals surface area contributed by atoms with Crippen LogP contribution in [0.15, 0.2) is 47.0 Å². The number of benzene rings is 1. The zero-order valence-electron chi connectivity index (χ0n) is 16.1. The average molecular weight is 387 g/mol. The van der Waals surface area contributed by atoms with Gasteiger partial charge in [0.2, 0.25) is 0 Å². The van der Waals surface area contributed by atoms with E-state index in [1.54, 1.807) is 26.2 Å². The number of hydrogen-bond donors (Lipinski definition) is 1. The Balaban J connectivity index is 1.83. The number of rotatable bonds is 4. The molecule has 0 aliphatic heterocycles. The summed E-state index contributed by atoms with van der Waals surface area (Å²) in [5.74, 6) is 1.56. The van der Waals surface area contributed by atoms with Crippen molar-refractivity contribution in [2.75, 3.05) is 12.4 Å².